The minimum absolute atomic E-state index is 0.463. The Kier molecular flexibility index (Phi) is 5.28. The van der Waals surface area contributed by atoms with Gasteiger partial charge in [-0.1, -0.05) is 19.9 Å². The highest BCUT2D eigenvalue weighted by molar-refractivity contribution is 5.72. The van der Waals surface area contributed by atoms with Gasteiger partial charge in [-0.15, -0.1) is 0 Å². The number of benzene rings is 1. The van der Waals surface area contributed by atoms with Crippen molar-refractivity contribution in [3.05, 3.63) is 18.2 Å². The molecule has 0 amide bonds. The molecule has 1 rings (SSSR count). The van der Waals surface area contributed by atoms with Gasteiger partial charge in [-0.25, -0.2) is 0 Å². The van der Waals surface area contributed by atoms with Crippen LogP contribution in [-0.2, 0) is 0 Å². The first-order valence-electron chi connectivity index (χ1n) is 6.47. The monoisotopic (exact) mass is 252 g/mol. The smallest absolute Gasteiger partial charge is 0.144 e. The molecule has 1 unspecified atom stereocenters. The summed E-state index contributed by atoms with van der Waals surface area (Å²) in [5.41, 5.74) is 6.69. The Balaban J connectivity index is 2.71. The molecule has 0 heterocycles. The number of hydrogen-bond acceptors (Lipinski definition) is 4. The number of hydrogen-bond donors (Lipinski definition) is 3. The van der Waals surface area contributed by atoms with Crippen molar-refractivity contribution in [1.82, 2.24) is 0 Å². The Bertz CT molecular complexity index is 378. The van der Waals surface area contributed by atoms with Gasteiger partial charge in [0.1, 0.15) is 5.75 Å². The van der Waals surface area contributed by atoms with Gasteiger partial charge in [0, 0.05) is 6.54 Å². The van der Waals surface area contributed by atoms with Crippen LogP contribution in [0.1, 0.15) is 33.6 Å². The van der Waals surface area contributed by atoms with Crippen LogP contribution in [0.3, 0.4) is 0 Å². The molecule has 4 nitrogen and oxygen atoms in total. The van der Waals surface area contributed by atoms with Gasteiger partial charge in [0.2, 0.25) is 0 Å². The molecule has 0 saturated heterocycles. The number of rotatable bonds is 7. The third-order valence-electron chi connectivity index (χ3n) is 2.95. The molecule has 0 radical (unpaired) electrons. The summed E-state index contributed by atoms with van der Waals surface area (Å²) in [7, 11) is 0. The maximum Gasteiger partial charge on any atom is 0.144 e. The van der Waals surface area contributed by atoms with Crippen molar-refractivity contribution in [3.63, 3.8) is 0 Å². The van der Waals surface area contributed by atoms with Crippen LogP contribution in [0.5, 0.6) is 5.75 Å². The Morgan fingerprint density at radius 3 is 2.72 bits per heavy atom. The summed E-state index contributed by atoms with van der Waals surface area (Å²) in [6, 6.07) is 5.64. The fraction of sp³-hybridized carbons (Fsp3) is 0.571. The van der Waals surface area contributed by atoms with E-state index in [4.69, 9.17) is 10.5 Å². The van der Waals surface area contributed by atoms with Gasteiger partial charge < -0.3 is 20.9 Å². The van der Waals surface area contributed by atoms with Crippen LogP contribution in [-0.4, -0.2) is 23.9 Å². The molecular weight excluding hydrogens is 228 g/mol. The van der Waals surface area contributed by atoms with Gasteiger partial charge in [0.25, 0.3) is 0 Å². The van der Waals surface area contributed by atoms with Crippen LogP contribution in [0, 0.1) is 0 Å². The molecule has 0 saturated carbocycles. The summed E-state index contributed by atoms with van der Waals surface area (Å²) in [6.45, 7) is 6.92. The topological polar surface area (TPSA) is 67.5 Å². The number of ether oxygens (including phenoxy) is 1. The third-order valence-corrected chi connectivity index (χ3v) is 2.95. The molecule has 4 N–H and O–H groups in total. The van der Waals surface area contributed by atoms with Crippen LogP contribution in [0.4, 0.5) is 11.4 Å². The Morgan fingerprint density at radius 1 is 1.39 bits per heavy atom. The van der Waals surface area contributed by atoms with Crippen molar-refractivity contribution >= 4 is 11.4 Å². The first kappa shape index (κ1) is 14.6. The zero-order valence-corrected chi connectivity index (χ0v) is 11.5. The lowest BCUT2D eigenvalue weighted by atomic mass is 10.0. The molecule has 0 aliphatic rings. The van der Waals surface area contributed by atoms with E-state index in [1.54, 1.807) is 6.92 Å². The van der Waals surface area contributed by atoms with Crippen molar-refractivity contribution in [2.24, 2.45) is 0 Å². The Morgan fingerprint density at radius 2 is 2.11 bits per heavy atom. The minimum Gasteiger partial charge on any atom is -0.491 e. The quantitative estimate of drug-likeness (QED) is 0.653. The van der Waals surface area contributed by atoms with E-state index in [-0.39, 0.29) is 0 Å². The van der Waals surface area contributed by atoms with E-state index in [9.17, 15) is 5.11 Å². The van der Waals surface area contributed by atoms with E-state index in [0.29, 0.717) is 31.0 Å². The normalized spacial score (nSPS) is 14.0. The largest absolute Gasteiger partial charge is 0.491 e. The lowest BCUT2D eigenvalue weighted by molar-refractivity contribution is 0.0697. The zero-order valence-electron chi connectivity index (χ0n) is 11.5. The van der Waals surface area contributed by atoms with Crippen LogP contribution >= 0.6 is 0 Å². The van der Waals surface area contributed by atoms with Crippen LogP contribution in [0.25, 0.3) is 0 Å². The zero-order chi connectivity index (χ0) is 13.6. The molecule has 1 aromatic carbocycles. The molecule has 0 bridgehead atoms. The van der Waals surface area contributed by atoms with E-state index in [1.165, 1.54) is 0 Å². The van der Waals surface area contributed by atoms with Gasteiger partial charge in [0.15, 0.2) is 0 Å². The molecule has 1 aromatic rings. The van der Waals surface area contributed by atoms with Gasteiger partial charge in [-0.05, 0) is 31.9 Å². The number of para-hydroxylation sites is 1. The second-order valence-corrected chi connectivity index (χ2v) is 4.77. The average molecular weight is 252 g/mol. The maximum absolute atomic E-state index is 9.95. The highest BCUT2D eigenvalue weighted by Crippen LogP contribution is 2.29. The van der Waals surface area contributed by atoms with Crippen LogP contribution in [0.15, 0.2) is 18.2 Å². The fourth-order valence-corrected chi connectivity index (χ4v) is 1.45. The standard InChI is InChI=1S/C14H24N2O2/c1-4-9-18-12-8-6-7-11(13(12)15)16-10-14(3,17)5-2/h6-8,16-17H,4-5,9-10,15H2,1-3H3. The minimum atomic E-state index is -0.729. The Hall–Kier alpha value is -1.42. The molecule has 102 valence electrons. The van der Waals surface area contributed by atoms with E-state index in [0.717, 1.165) is 12.1 Å². The Labute approximate surface area is 109 Å². The third kappa shape index (κ3) is 4.11. The van der Waals surface area contributed by atoms with E-state index in [1.807, 2.05) is 25.1 Å². The first-order chi connectivity index (χ1) is 8.50. The SMILES string of the molecule is CCCOc1cccc(NCC(C)(O)CC)c1N. The van der Waals surface area contributed by atoms with Crippen molar-refractivity contribution in [1.29, 1.82) is 0 Å². The number of nitrogens with two attached hydrogens (primary N) is 1. The maximum atomic E-state index is 9.95. The molecule has 0 spiro atoms. The first-order valence-corrected chi connectivity index (χ1v) is 6.47. The molecule has 4 heteroatoms. The molecule has 0 aromatic heterocycles. The summed E-state index contributed by atoms with van der Waals surface area (Å²) in [4.78, 5) is 0. The molecule has 1 atom stereocenters. The van der Waals surface area contributed by atoms with E-state index >= 15 is 0 Å². The second kappa shape index (κ2) is 6.50. The fourth-order valence-electron chi connectivity index (χ4n) is 1.45. The van der Waals surface area contributed by atoms with Crippen LogP contribution in [0.2, 0.25) is 0 Å². The van der Waals surface area contributed by atoms with Crippen molar-refractivity contribution in [3.8, 4) is 5.75 Å². The summed E-state index contributed by atoms with van der Waals surface area (Å²) >= 11 is 0. The van der Waals surface area contributed by atoms with Crippen molar-refractivity contribution in [2.45, 2.75) is 39.2 Å². The molecule has 0 aliphatic heterocycles. The number of aliphatic hydroxyl groups is 1. The molecule has 18 heavy (non-hydrogen) atoms. The summed E-state index contributed by atoms with van der Waals surface area (Å²) in [6.07, 6.45) is 1.63. The van der Waals surface area contributed by atoms with E-state index in [2.05, 4.69) is 12.2 Å². The predicted molar refractivity (Wildman–Crippen MR) is 76.0 cm³/mol. The highest BCUT2D eigenvalue weighted by Gasteiger charge is 2.17. The summed E-state index contributed by atoms with van der Waals surface area (Å²) < 4.78 is 5.56. The molecule has 0 fully saturated rings. The lowest BCUT2D eigenvalue weighted by Gasteiger charge is -2.23. The molecular formula is C14H24N2O2. The number of nitrogens with one attached hydrogen (secondary N) is 1. The van der Waals surface area contributed by atoms with Crippen molar-refractivity contribution in [2.75, 3.05) is 24.2 Å². The highest BCUT2D eigenvalue weighted by atomic mass is 16.5. The number of nitrogen functional groups attached to an aromatic ring is 1. The average Bonchev–Trinajstić information content (AvgIpc) is 2.36. The van der Waals surface area contributed by atoms with Crippen molar-refractivity contribution < 1.29 is 9.84 Å². The van der Waals surface area contributed by atoms with Gasteiger partial charge in [-0.2, -0.15) is 0 Å². The number of anilines is 2. The predicted octanol–water partition coefficient (Wildman–Crippen LogP) is 2.63. The van der Waals surface area contributed by atoms with Gasteiger partial charge >= 0.3 is 0 Å². The summed E-state index contributed by atoms with van der Waals surface area (Å²) in [5, 5.41) is 13.1. The lowest BCUT2D eigenvalue weighted by Crippen LogP contribution is -2.32. The second-order valence-electron chi connectivity index (χ2n) is 4.77. The summed E-state index contributed by atoms with van der Waals surface area (Å²) in [5.74, 6) is 0.693. The molecule has 0 aliphatic carbocycles. The van der Waals surface area contributed by atoms with E-state index < -0.39 is 5.60 Å². The van der Waals surface area contributed by atoms with Gasteiger partial charge in [-0.3, -0.25) is 0 Å². The van der Waals surface area contributed by atoms with Crippen LogP contribution < -0.4 is 15.8 Å². The van der Waals surface area contributed by atoms with Gasteiger partial charge in [0.05, 0.1) is 23.6 Å².